The van der Waals surface area contributed by atoms with Crippen LogP contribution in [0.4, 0.5) is 18.0 Å². The molecular formula is C43H70F3N5O17. The summed E-state index contributed by atoms with van der Waals surface area (Å²) >= 11 is 0. The molecule has 1 rings (SSSR count). The summed E-state index contributed by atoms with van der Waals surface area (Å²) in [6, 6.07) is 7.99. The number of carboxylic acids is 1. The fourth-order valence-electron chi connectivity index (χ4n) is 4.79. The number of carbonyl (C=O) groups excluding carboxylic acids is 7. The standard InChI is InChI=1S/C41H69N5O15.C2HF3O2/c1-41(2,3)61-39(51)34(45-40(52)60-30-33-10-8-7-9-11-33)12-13-35(47)43-16-21-55-26-29-59-32-37(49)44-17-22-56-27-28-58-31-36(48)42-15-18-46(4,5)19-23-57-25-24-54-20-14-38(50)53-6;3-2(4,5)1(6)7/h7-11,34H,12-32H2,1-6H3,(H3-,42,43,44,45,47,48,49,52);(H,6,7)/t34-;/m0./s1. The minimum absolute atomic E-state index is 0.000296. The zero-order valence-electron chi connectivity index (χ0n) is 39.8. The van der Waals surface area contributed by atoms with E-state index in [2.05, 4.69) is 26.0 Å². The number of carboxylic acid groups (broad SMARTS) is 1. The normalized spacial score (nSPS) is 11.8. The topological polar surface area (TPSA) is 274 Å². The Kier molecular flexibility index (Phi) is 34.0. The van der Waals surface area contributed by atoms with Crippen LogP contribution in [0.25, 0.3) is 0 Å². The van der Waals surface area contributed by atoms with Crippen LogP contribution in [0, 0.1) is 0 Å². The average molecular weight is 986 g/mol. The van der Waals surface area contributed by atoms with E-state index >= 15 is 0 Å². The van der Waals surface area contributed by atoms with Crippen molar-refractivity contribution < 1.29 is 99.0 Å². The Morgan fingerprint density at radius 1 is 0.647 bits per heavy atom. The second-order valence-corrected chi connectivity index (χ2v) is 15.9. The average Bonchev–Trinajstić information content (AvgIpc) is 3.26. The number of carbonyl (C=O) groups is 7. The quantitative estimate of drug-likeness (QED) is 0.0297. The van der Waals surface area contributed by atoms with Gasteiger partial charge in [-0.05, 0) is 32.8 Å². The molecule has 0 aliphatic heterocycles. The number of ether oxygens (including phenoxy) is 9. The number of quaternary nitrogens is 1. The second-order valence-electron chi connectivity index (χ2n) is 15.9. The number of likely N-dealkylation sites (N-methyl/N-ethyl adjacent to an activating group) is 1. The Bertz CT molecular complexity index is 1600. The Hall–Kier alpha value is -5.18. The van der Waals surface area contributed by atoms with Crippen LogP contribution in [0.1, 0.15) is 45.6 Å². The van der Waals surface area contributed by atoms with Crippen molar-refractivity contribution in [2.45, 2.75) is 64.5 Å². The molecule has 0 unspecified atom stereocenters. The largest absolute Gasteiger partial charge is 0.542 e. The number of aliphatic carboxylic acids is 1. The molecule has 68 heavy (non-hydrogen) atoms. The second kappa shape index (κ2) is 36.8. The fraction of sp³-hybridized carbons (Fsp3) is 0.698. The zero-order valence-corrected chi connectivity index (χ0v) is 39.8. The molecule has 1 aromatic carbocycles. The van der Waals surface area contributed by atoms with E-state index in [1.807, 2.05) is 32.3 Å². The molecule has 0 aromatic heterocycles. The number of benzene rings is 1. The number of rotatable bonds is 35. The molecule has 25 heteroatoms. The maximum absolute atomic E-state index is 12.7. The first kappa shape index (κ1) is 62.8. The molecule has 0 radical (unpaired) electrons. The number of nitrogens with one attached hydrogen (secondary N) is 4. The van der Waals surface area contributed by atoms with Crippen LogP contribution in [-0.2, 0) is 78.0 Å². The zero-order chi connectivity index (χ0) is 51.3. The Morgan fingerprint density at radius 2 is 1.13 bits per heavy atom. The Labute approximate surface area is 395 Å². The highest BCUT2D eigenvalue weighted by Gasteiger charge is 2.29. The molecule has 0 fully saturated rings. The van der Waals surface area contributed by atoms with Crippen LogP contribution in [0.15, 0.2) is 30.3 Å². The third kappa shape index (κ3) is 38.9. The fourth-order valence-corrected chi connectivity index (χ4v) is 4.79. The first-order chi connectivity index (χ1) is 32.0. The summed E-state index contributed by atoms with van der Waals surface area (Å²) < 4.78 is 79.8. The molecule has 0 saturated carbocycles. The lowest BCUT2D eigenvalue weighted by Gasteiger charge is -2.29. The van der Waals surface area contributed by atoms with Crippen LogP contribution < -0.4 is 26.4 Å². The van der Waals surface area contributed by atoms with Crippen molar-refractivity contribution in [3.8, 4) is 0 Å². The maximum atomic E-state index is 12.7. The summed E-state index contributed by atoms with van der Waals surface area (Å²) in [4.78, 5) is 81.4. The van der Waals surface area contributed by atoms with E-state index in [0.717, 1.165) is 12.1 Å². The summed E-state index contributed by atoms with van der Waals surface area (Å²) in [5, 5.41) is 19.5. The van der Waals surface area contributed by atoms with Crippen molar-refractivity contribution in [2.24, 2.45) is 0 Å². The molecule has 0 aliphatic rings. The van der Waals surface area contributed by atoms with Crippen molar-refractivity contribution >= 4 is 41.7 Å². The van der Waals surface area contributed by atoms with Gasteiger partial charge in [0.05, 0.1) is 107 Å². The molecule has 4 amide bonds. The minimum Gasteiger partial charge on any atom is -0.542 e. The van der Waals surface area contributed by atoms with Crippen molar-refractivity contribution in [2.75, 3.05) is 133 Å². The minimum atomic E-state index is -5.19. The molecule has 0 bridgehead atoms. The van der Waals surface area contributed by atoms with E-state index in [4.69, 9.17) is 47.8 Å². The lowest BCUT2D eigenvalue weighted by Crippen LogP contribution is -2.47. The van der Waals surface area contributed by atoms with Gasteiger partial charge in [0.25, 0.3) is 0 Å². The van der Waals surface area contributed by atoms with Crippen molar-refractivity contribution in [1.29, 1.82) is 0 Å². The summed E-state index contributed by atoms with van der Waals surface area (Å²) in [5.41, 5.74) is -0.00780. The van der Waals surface area contributed by atoms with Crippen LogP contribution in [-0.4, -0.2) is 197 Å². The smallest absolute Gasteiger partial charge is 0.430 e. The lowest BCUT2D eigenvalue weighted by molar-refractivity contribution is -0.889. The van der Waals surface area contributed by atoms with Crippen molar-refractivity contribution in [1.82, 2.24) is 21.3 Å². The van der Waals surface area contributed by atoms with Gasteiger partial charge >= 0.3 is 24.2 Å². The van der Waals surface area contributed by atoms with Crippen LogP contribution in [0.5, 0.6) is 0 Å². The molecule has 390 valence electrons. The maximum Gasteiger partial charge on any atom is 0.430 e. The Balaban J connectivity index is 0.00000590. The van der Waals surface area contributed by atoms with Gasteiger partial charge in [-0.1, -0.05) is 30.3 Å². The van der Waals surface area contributed by atoms with Gasteiger partial charge in [0, 0.05) is 19.5 Å². The van der Waals surface area contributed by atoms with Crippen molar-refractivity contribution in [3.63, 3.8) is 0 Å². The van der Waals surface area contributed by atoms with Crippen LogP contribution in [0.3, 0.4) is 0 Å². The molecule has 0 saturated heterocycles. The highest BCUT2D eigenvalue weighted by atomic mass is 19.4. The molecule has 1 aromatic rings. The van der Waals surface area contributed by atoms with Crippen LogP contribution in [0.2, 0.25) is 0 Å². The number of hydrogen-bond acceptors (Lipinski definition) is 17. The number of amides is 4. The van der Waals surface area contributed by atoms with Gasteiger partial charge in [-0.25, -0.2) is 9.59 Å². The van der Waals surface area contributed by atoms with Crippen LogP contribution >= 0.6 is 0 Å². The third-order valence-electron chi connectivity index (χ3n) is 8.37. The van der Waals surface area contributed by atoms with Gasteiger partial charge in [-0.3, -0.25) is 19.2 Å². The number of halogens is 3. The highest BCUT2D eigenvalue weighted by molar-refractivity contribution is 5.83. The highest BCUT2D eigenvalue weighted by Crippen LogP contribution is 2.12. The lowest BCUT2D eigenvalue weighted by atomic mass is 10.1. The number of alkyl halides is 3. The van der Waals surface area contributed by atoms with Gasteiger partial charge in [-0.15, -0.1) is 0 Å². The molecule has 1 atom stereocenters. The molecule has 0 heterocycles. The monoisotopic (exact) mass is 985 g/mol. The van der Waals surface area contributed by atoms with E-state index in [1.54, 1.807) is 32.9 Å². The number of esters is 2. The summed E-state index contributed by atoms with van der Waals surface area (Å²) in [6.07, 6.45) is -5.84. The van der Waals surface area contributed by atoms with Gasteiger partial charge in [0.1, 0.15) is 44.0 Å². The third-order valence-corrected chi connectivity index (χ3v) is 8.37. The van der Waals surface area contributed by atoms with E-state index in [0.29, 0.717) is 44.0 Å². The number of methoxy groups -OCH3 is 1. The summed E-state index contributed by atoms with van der Waals surface area (Å²) in [7, 11) is 5.43. The summed E-state index contributed by atoms with van der Waals surface area (Å²) in [6.45, 7) is 10.3. The molecule has 22 nitrogen and oxygen atoms in total. The predicted octanol–water partition coefficient (Wildman–Crippen LogP) is -0.210. The van der Waals surface area contributed by atoms with Gasteiger partial charge in [0.2, 0.25) is 17.7 Å². The van der Waals surface area contributed by atoms with Gasteiger partial charge in [-0.2, -0.15) is 13.2 Å². The molecule has 0 spiro atoms. The van der Waals surface area contributed by atoms with E-state index in [1.165, 1.54) is 7.11 Å². The first-order valence-corrected chi connectivity index (χ1v) is 21.7. The predicted molar refractivity (Wildman–Crippen MR) is 232 cm³/mol. The SMILES string of the molecule is COC(=O)CCOCCOCC[N+](C)(C)CCNC(=O)COCCOCCNC(=O)COCCOCCNC(=O)CC[C@H](NC(=O)OCc1ccccc1)C(=O)OC(C)(C)C.O=C([O-])C(F)(F)F. The van der Waals surface area contributed by atoms with E-state index < -0.39 is 35.9 Å². The van der Waals surface area contributed by atoms with E-state index in [-0.39, 0.29) is 116 Å². The first-order valence-electron chi connectivity index (χ1n) is 21.7. The molecular weight excluding hydrogens is 915 g/mol. The molecule has 4 N–H and O–H groups in total. The number of nitrogens with zero attached hydrogens (tertiary/aromatic N) is 1. The molecule has 0 aliphatic carbocycles. The number of hydrogen-bond donors (Lipinski definition) is 4. The van der Waals surface area contributed by atoms with E-state index in [9.17, 15) is 41.9 Å². The van der Waals surface area contributed by atoms with Crippen molar-refractivity contribution in [3.05, 3.63) is 35.9 Å². The van der Waals surface area contributed by atoms with Gasteiger partial charge < -0.3 is 78.3 Å². The van der Waals surface area contributed by atoms with Gasteiger partial charge in [0.15, 0.2) is 0 Å². The number of alkyl carbamates (subject to hydrolysis) is 1. The Morgan fingerprint density at radius 3 is 1.65 bits per heavy atom. The summed E-state index contributed by atoms with van der Waals surface area (Å²) in [5.74, 6) is -4.88.